The zero-order valence-corrected chi connectivity index (χ0v) is 12.1. The summed E-state index contributed by atoms with van der Waals surface area (Å²) in [7, 11) is 1.52. The third-order valence-electron chi connectivity index (χ3n) is 2.97. The lowest BCUT2D eigenvalue weighted by Gasteiger charge is -2.12. The number of amides is 1. The molecule has 0 aliphatic carbocycles. The molecule has 0 radical (unpaired) electrons. The maximum Gasteiger partial charge on any atom is 0.241 e. The average molecular weight is 301 g/mol. The molecule has 0 heterocycles. The topological polar surface area (TPSA) is 61.5 Å². The summed E-state index contributed by atoms with van der Waals surface area (Å²) in [6.07, 6.45) is 2.82. The van der Waals surface area contributed by atoms with Crippen molar-refractivity contribution >= 4 is 12.0 Å². The van der Waals surface area contributed by atoms with Gasteiger partial charge in [-0.05, 0) is 29.8 Å². The molecule has 0 aromatic heterocycles. The molecule has 2 aromatic rings. The van der Waals surface area contributed by atoms with Crippen molar-refractivity contribution in [2.75, 3.05) is 7.11 Å². The Hall–Kier alpha value is -2.82. The van der Waals surface area contributed by atoms with Crippen molar-refractivity contribution in [2.24, 2.45) is 5.73 Å². The van der Waals surface area contributed by atoms with E-state index in [1.807, 2.05) is 0 Å². The van der Waals surface area contributed by atoms with Crippen molar-refractivity contribution in [3.8, 4) is 11.5 Å². The summed E-state index contributed by atoms with van der Waals surface area (Å²) in [5, 5.41) is 0. The minimum Gasteiger partial charge on any atom is -0.493 e. The van der Waals surface area contributed by atoms with Crippen LogP contribution >= 0.6 is 0 Å². The number of carbonyl (C=O) groups is 1. The van der Waals surface area contributed by atoms with Gasteiger partial charge < -0.3 is 15.2 Å². The summed E-state index contributed by atoms with van der Waals surface area (Å²) >= 11 is 0. The second-order valence-corrected chi connectivity index (χ2v) is 4.53. The number of halogens is 1. The molecule has 0 bridgehead atoms. The van der Waals surface area contributed by atoms with Gasteiger partial charge >= 0.3 is 0 Å². The molecule has 5 heteroatoms. The normalized spacial score (nSPS) is 10.6. The molecule has 0 saturated carbocycles. The molecule has 114 valence electrons. The van der Waals surface area contributed by atoms with E-state index in [1.54, 1.807) is 42.5 Å². The number of methoxy groups -OCH3 is 1. The Kier molecular flexibility index (Phi) is 5.14. The van der Waals surface area contributed by atoms with E-state index in [2.05, 4.69) is 0 Å². The van der Waals surface area contributed by atoms with Crippen LogP contribution in [0.2, 0.25) is 0 Å². The largest absolute Gasteiger partial charge is 0.493 e. The molecule has 2 aromatic carbocycles. The molecule has 0 unspecified atom stereocenters. The summed E-state index contributed by atoms with van der Waals surface area (Å²) in [5.74, 6) is 0.112. The van der Waals surface area contributed by atoms with Gasteiger partial charge in [0.15, 0.2) is 11.5 Å². The Bertz CT molecular complexity index is 698. The third kappa shape index (κ3) is 4.09. The predicted molar refractivity (Wildman–Crippen MR) is 82.0 cm³/mol. The average Bonchev–Trinajstić information content (AvgIpc) is 2.52. The molecule has 0 fully saturated rings. The minimum atomic E-state index is -0.537. The Morgan fingerprint density at radius 3 is 2.68 bits per heavy atom. The quantitative estimate of drug-likeness (QED) is 0.834. The highest BCUT2D eigenvalue weighted by molar-refractivity contribution is 5.90. The highest BCUT2D eigenvalue weighted by Crippen LogP contribution is 2.29. The number of hydrogen-bond acceptors (Lipinski definition) is 3. The van der Waals surface area contributed by atoms with Crippen LogP contribution in [0.25, 0.3) is 6.08 Å². The van der Waals surface area contributed by atoms with Gasteiger partial charge in [0.05, 0.1) is 7.11 Å². The van der Waals surface area contributed by atoms with Gasteiger partial charge in [0.2, 0.25) is 5.91 Å². The van der Waals surface area contributed by atoms with Gasteiger partial charge in [0.1, 0.15) is 12.4 Å². The highest BCUT2D eigenvalue weighted by atomic mass is 19.1. The maximum atomic E-state index is 13.6. The SMILES string of the molecule is COc1ccc(/C=C\C(N)=O)cc1OCc1ccccc1F. The molecule has 22 heavy (non-hydrogen) atoms. The second-order valence-electron chi connectivity index (χ2n) is 4.53. The number of hydrogen-bond donors (Lipinski definition) is 1. The van der Waals surface area contributed by atoms with Crippen LogP contribution in [0, 0.1) is 5.82 Å². The lowest BCUT2D eigenvalue weighted by molar-refractivity contribution is -0.113. The molecule has 0 spiro atoms. The Labute approximate surface area is 128 Å². The van der Waals surface area contributed by atoms with Gasteiger partial charge in [-0.2, -0.15) is 0 Å². The van der Waals surface area contributed by atoms with Crippen molar-refractivity contribution in [3.05, 3.63) is 65.5 Å². The summed E-state index contributed by atoms with van der Waals surface area (Å²) in [4.78, 5) is 10.8. The Morgan fingerprint density at radius 1 is 1.23 bits per heavy atom. The first-order valence-corrected chi connectivity index (χ1v) is 6.62. The third-order valence-corrected chi connectivity index (χ3v) is 2.97. The zero-order chi connectivity index (χ0) is 15.9. The number of nitrogens with two attached hydrogens (primary N) is 1. The van der Waals surface area contributed by atoms with E-state index in [9.17, 15) is 9.18 Å². The first kappa shape index (κ1) is 15.6. The standard InChI is InChI=1S/C17H16FNO3/c1-21-15-8-6-12(7-9-17(19)20)10-16(15)22-11-13-4-2-3-5-14(13)18/h2-10H,11H2,1H3,(H2,19,20)/b9-7-. The maximum absolute atomic E-state index is 13.6. The number of ether oxygens (including phenoxy) is 2. The molecule has 0 aliphatic rings. The van der Waals surface area contributed by atoms with Crippen LogP contribution in [0.5, 0.6) is 11.5 Å². The van der Waals surface area contributed by atoms with Crippen molar-refractivity contribution in [2.45, 2.75) is 6.61 Å². The fraction of sp³-hybridized carbons (Fsp3) is 0.118. The lowest BCUT2D eigenvalue weighted by atomic mass is 10.2. The van der Waals surface area contributed by atoms with E-state index in [-0.39, 0.29) is 12.4 Å². The van der Waals surface area contributed by atoms with Crippen molar-refractivity contribution < 1.29 is 18.7 Å². The van der Waals surface area contributed by atoms with E-state index in [0.717, 1.165) is 5.56 Å². The summed E-state index contributed by atoms with van der Waals surface area (Å²) < 4.78 is 24.4. The minimum absolute atomic E-state index is 0.0754. The molecular weight excluding hydrogens is 285 g/mol. The van der Waals surface area contributed by atoms with E-state index in [0.29, 0.717) is 17.1 Å². The van der Waals surface area contributed by atoms with Gasteiger partial charge in [0, 0.05) is 11.6 Å². The fourth-order valence-corrected chi connectivity index (χ4v) is 1.86. The second kappa shape index (κ2) is 7.26. The van der Waals surface area contributed by atoms with Crippen LogP contribution in [-0.2, 0) is 11.4 Å². The predicted octanol–water partition coefficient (Wildman–Crippen LogP) is 2.91. The fourth-order valence-electron chi connectivity index (χ4n) is 1.86. The van der Waals surface area contributed by atoms with Crippen LogP contribution < -0.4 is 15.2 Å². The highest BCUT2D eigenvalue weighted by Gasteiger charge is 2.07. The number of rotatable bonds is 6. The van der Waals surface area contributed by atoms with Gasteiger partial charge in [-0.15, -0.1) is 0 Å². The molecule has 0 saturated heterocycles. The van der Waals surface area contributed by atoms with Crippen LogP contribution in [0.15, 0.2) is 48.5 Å². The van der Waals surface area contributed by atoms with E-state index < -0.39 is 5.91 Å². The summed E-state index contributed by atoms with van der Waals surface area (Å²) in [6.45, 7) is 0.0754. The van der Waals surface area contributed by atoms with Crippen LogP contribution in [0.3, 0.4) is 0 Å². The van der Waals surface area contributed by atoms with Gasteiger partial charge in [-0.1, -0.05) is 24.3 Å². The van der Waals surface area contributed by atoms with E-state index in [4.69, 9.17) is 15.2 Å². The van der Waals surface area contributed by atoms with Crippen LogP contribution in [0.4, 0.5) is 4.39 Å². The summed E-state index contributed by atoms with van der Waals surface area (Å²) in [6, 6.07) is 11.5. The monoisotopic (exact) mass is 301 g/mol. The molecular formula is C17H16FNO3. The molecule has 0 atom stereocenters. The van der Waals surface area contributed by atoms with Crippen molar-refractivity contribution in [1.82, 2.24) is 0 Å². The number of benzene rings is 2. The molecule has 1 amide bonds. The first-order chi connectivity index (χ1) is 10.6. The number of carbonyl (C=O) groups excluding carboxylic acids is 1. The van der Waals surface area contributed by atoms with Crippen LogP contribution in [0.1, 0.15) is 11.1 Å². The van der Waals surface area contributed by atoms with Crippen LogP contribution in [-0.4, -0.2) is 13.0 Å². The smallest absolute Gasteiger partial charge is 0.241 e. The van der Waals surface area contributed by atoms with E-state index >= 15 is 0 Å². The van der Waals surface area contributed by atoms with Gasteiger partial charge in [-0.3, -0.25) is 4.79 Å². The summed E-state index contributed by atoms with van der Waals surface area (Å²) in [5.41, 5.74) is 6.23. The van der Waals surface area contributed by atoms with Gasteiger partial charge in [-0.25, -0.2) is 4.39 Å². The van der Waals surface area contributed by atoms with Crippen molar-refractivity contribution in [3.63, 3.8) is 0 Å². The molecule has 2 N–H and O–H groups in total. The van der Waals surface area contributed by atoms with E-state index in [1.165, 1.54) is 19.3 Å². The molecule has 0 aliphatic heterocycles. The molecule has 2 rings (SSSR count). The number of primary amides is 1. The Balaban J connectivity index is 2.19. The Morgan fingerprint density at radius 2 is 2.00 bits per heavy atom. The zero-order valence-electron chi connectivity index (χ0n) is 12.1. The van der Waals surface area contributed by atoms with Gasteiger partial charge in [0.25, 0.3) is 0 Å². The van der Waals surface area contributed by atoms with Crippen molar-refractivity contribution in [1.29, 1.82) is 0 Å². The first-order valence-electron chi connectivity index (χ1n) is 6.62. The molecule has 4 nitrogen and oxygen atoms in total. The lowest BCUT2D eigenvalue weighted by Crippen LogP contribution is -2.05.